The van der Waals surface area contributed by atoms with Gasteiger partial charge in [-0.25, -0.2) is 15.3 Å². The summed E-state index contributed by atoms with van der Waals surface area (Å²) >= 11 is 0.876. The van der Waals surface area contributed by atoms with Crippen LogP contribution in [0.3, 0.4) is 0 Å². The third-order valence-electron chi connectivity index (χ3n) is 2.65. The predicted octanol–water partition coefficient (Wildman–Crippen LogP) is -0.205. The molecule has 4 N–H and O–H groups in total. The molecule has 1 unspecified atom stereocenters. The van der Waals surface area contributed by atoms with Crippen LogP contribution in [0.1, 0.15) is 12.5 Å². The number of hydrazone groups is 1. The van der Waals surface area contributed by atoms with Crippen LogP contribution in [0.15, 0.2) is 44.0 Å². The largest absolute Gasteiger partial charge is 0.507 e. The fourth-order valence-electron chi connectivity index (χ4n) is 1.49. The number of nitrogens with one attached hydrogen (secondary N) is 3. The van der Waals surface area contributed by atoms with Gasteiger partial charge in [0.15, 0.2) is 5.03 Å². The Morgan fingerprint density at radius 3 is 2.87 bits per heavy atom. The molecule has 1 atom stereocenters. The van der Waals surface area contributed by atoms with Gasteiger partial charge in [-0.1, -0.05) is 23.9 Å². The average molecular weight is 335 g/mol. The van der Waals surface area contributed by atoms with Crippen LogP contribution < -0.4 is 16.7 Å². The summed E-state index contributed by atoms with van der Waals surface area (Å²) in [6.07, 6.45) is 1.30. The van der Waals surface area contributed by atoms with Gasteiger partial charge in [0.05, 0.1) is 11.5 Å². The molecule has 0 aliphatic rings. The number of phenols is 1. The van der Waals surface area contributed by atoms with Crippen molar-refractivity contribution < 1.29 is 9.90 Å². The molecule has 0 saturated carbocycles. The maximum atomic E-state index is 11.9. The highest BCUT2D eigenvalue weighted by Gasteiger charge is 2.17. The van der Waals surface area contributed by atoms with E-state index in [2.05, 4.69) is 20.7 Å². The van der Waals surface area contributed by atoms with E-state index in [1.807, 2.05) is 4.98 Å². The number of carbonyl (C=O) groups excluding carboxylic acids is 1. The molecule has 9 nitrogen and oxygen atoms in total. The molecule has 0 saturated heterocycles. The molecule has 23 heavy (non-hydrogen) atoms. The van der Waals surface area contributed by atoms with Crippen molar-refractivity contribution in [3.8, 4) is 5.75 Å². The Balaban J connectivity index is 1.96. The van der Waals surface area contributed by atoms with Crippen LogP contribution in [-0.2, 0) is 4.79 Å². The van der Waals surface area contributed by atoms with Crippen molar-refractivity contribution in [1.29, 1.82) is 0 Å². The summed E-state index contributed by atoms with van der Waals surface area (Å²) in [6.45, 7) is 1.56. The van der Waals surface area contributed by atoms with Crippen molar-refractivity contribution in [3.63, 3.8) is 0 Å². The van der Waals surface area contributed by atoms with Crippen LogP contribution in [0.25, 0.3) is 0 Å². The van der Waals surface area contributed by atoms with Crippen molar-refractivity contribution >= 4 is 23.9 Å². The van der Waals surface area contributed by atoms with Crippen LogP contribution in [0.5, 0.6) is 5.75 Å². The Morgan fingerprint density at radius 2 is 2.17 bits per heavy atom. The van der Waals surface area contributed by atoms with E-state index < -0.39 is 22.4 Å². The van der Waals surface area contributed by atoms with Crippen LogP contribution >= 0.6 is 11.8 Å². The molecule has 0 aliphatic carbocycles. The number of rotatable bonds is 5. The molecule has 1 amide bonds. The van der Waals surface area contributed by atoms with Gasteiger partial charge in [0.25, 0.3) is 11.5 Å². The van der Waals surface area contributed by atoms with Crippen LogP contribution in [0.4, 0.5) is 0 Å². The lowest BCUT2D eigenvalue weighted by molar-refractivity contribution is -0.120. The first-order valence-corrected chi connectivity index (χ1v) is 7.32. The number of nitrogens with zero attached hydrogens (tertiary/aromatic N) is 2. The number of aromatic amines is 2. The maximum absolute atomic E-state index is 11.9. The van der Waals surface area contributed by atoms with Crippen molar-refractivity contribution in [2.75, 3.05) is 0 Å². The van der Waals surface area contributed by atoms with Crippen molar-refractivity contribution in [3.05, 3.63) is 50.7 Å². The van der Waals surface area contributed by atoms with E-state index in [0.29, 0.717) is 5.56 Å². The van der Waals surface area contributed by atoms with Gasteiger partial charge in [0.1, 0.15) is 5.75 Å². The second-order valence-corrected chi connectivity index (χ2v) is 5.69. The summed E-state index contributed by atoms with van der Waals surface area (Å²) < 4.78 is 0. The van der Waals surface area contributed by atoms with Crippen molar-refractivity contribution in [2.24, 2.45) is 5.10 Å². The Labute approximate surface area is 133 Å². The summed E-state index contributed by atoms with van der Waals surface area (Å²) in [6, 6.07) is 6.51. The number of thioether (sulfide) groups is 1. The van der Waals surface area contributed by atoms with E-state index in [1.54, 1.807) is 25.1 Å². The van der Waals surface area contributed by atoms with Gasteiger partial charge in [-0.2, -0.15) is 10.2 Å². The van der Waals surface area contributed by atoms with Crippen LogP contribution in [0, 0.1) is 0 Å². The Kier molecular flexibility index (Phi) is 5.31. The van der Waals surface area contributed by atoms with Gasteiger partial charge in [0.2, 0.25) is 0 Å². The lowest BCUT2D eigenvalue weighted by Crippen LogP contribution is -2.30. The third-order valence-corrected chi connectivity index (χ3v) is 3.72. The average Bonchev–Trinajstić information content (AvgIpc) is 2.51. The molecule has 1 aromatic carbocycles. The molecule has 0 spiro atoms. The molecule has 1 aromatic heterocycles. The molecule has 10 heteroatoms. The standard InChI is InChI=1S/C13H13N5O4S/c1-7(23-12-11(21)15-13(22)18-17-12)10(20)16-14-6-8-4-2-3-5-9(8)19/h2-7,19H,1H3,(H,16,20)(H2,15,18,21,22)/b14-6+. The van der Waals surface area contributed by atoms with Gasteiger partial charge in [0, 0.05) is 5.56 Å². The van der Waals surface area contributed by atoms with Gasteiger partial charge >= 0.3 is 5.69 Å². The molecule has 2 rings (SSSR count). The van der Waals surface area contributed by atoms with Gasteiger partial charge < -0.3 is 5.11 Å². The number of aromatic hydroxyl groups is 1. The minimum absolute atomic E-state index is 0.0306. The topological polar surface area (TPSA) is 140 Å². The summed E-state index contributed by atoms with van der Waals surface area (Å²) in [4.78, 5) is 36.2. The van der Waals surface area contributed by atoms with E-state index in [0.717, 1.165) is 11.8 Å². The number of hydrogen-bond acceptors (Lipinski definition) is 7. The number of hydrogen-bond donors (Lipinski definition) is 4. The van der Waals surface area contributed by atoms with E-state index in [9.17, 15) is 19.5 Å². The summed E-state index contributed by atoms with van der Waals surface area (Å²) in [5.41, 5.74) is 1.36. The van der Waals surface area contributed by atoms with E-state index in [1.165, 1.54) is 12.3 Å². The van der Waals surface area contributed by atoms with E-state index in [-0.39, 0.29) is 10.8 Å². The first-order valence-electron chi connectivity index (χ1n) is 6.44. The minimum atomic E-state index is -0.719. The fourth-order valence-corrected chi connectivity index (χ4v) is 2.24. The number of phenolic OH excluding ortho intramolecular Hbond substituents is 1. The predicted molar refractivity (Wildman–Crippen MR) is 84.6 cm³/mol. The van der Waals surface area contributed by atoms with Gasteiger partial charge in [-0.3, -0.25) is 14.6 Å². The first-order chi connectivity index (χ1) is 11.0. The monoisotopic (exact) mass is 335 g/mol. The number of carbonyl (C=O) groups is 1. The normalized spacial score (nSPS) is 12.2. The number of para-hydroxylation sites is 1. The third kappa shape index (κ3) is 4.54. The molecule has 120 valence electrons. The number of H-pyrrole nitrogens is 2. The Bertz CT molecular complexity index is 844. The Hall–Kier alpha value is -2.88. The highest BCUT2D eigenvalue weighted by molar-refractivity contribution is 8.00. The van der Waals surface area contributed by atoms with E-state index >= 15 is 0 Å². The van der Waals surface area contributed by atoms with Crippen LogP contribution in [-0.4, -0.2) is 37.7 Å². The molecule has 1 heterocycles. The van der Waals surface area contributed by atoms with Crippen molar-refractivity contribution in [1.82, 2.24) is 20.6 Å². The van der Waals surface area contributed by atoms with E-state index in [4.69, 9.17) is 0 Å². The molecular formula is C13H13N5O4S. The maximum Gasteiger partial charge on any atom is 0.342 e. The highest BCUT2D eigenvalue weighted by atomic mass is 32.2. The molecule has 2 aromatic rings. The lowest BCUT2D eigenvalue weighted by Gasteiger charge is -2.07. The Morgan fingerprint density at radius 1 is 1.43 bits per heavy atom. The zero-order chi connectivity index (χ0) is 16.8. The molecule has 0 aliphatic heterocycles. The molecule has 0 bridgehead atoms. The minimum Gasteiger partial charge on any atom is -0.507 e. The van der Waals surface area contributed by atoms with Crippen LogP contribution in [0.2, 0.25) is 0 Å². The number of aromatic nitrogens is 3. The smallest absolute Gasteiger partial charge is 0.342 e. The molecule has 0 radical (unpaired) electrons. The summed E-state index contributed by atoms with van der Waals surface area (Å²) in [5, 5.41) is 18.2. The fraction of sp³-hybridized carbons (Fsp3) is 0.154. The number of amides is 1. The van der Waals surface area contributed by atoms with Gasteiger partial charge in [-0.15, -0.1) is 0 Å². The lowest BCUT2D eigenvalue weighted by atomic mass is 10.2. The zero-order valence-corrected chi connectivity index (χ0v) is 12.8. The quantitative estimate of drug-likeness (QED) is 0.339. The second kappa shape index (κ2) is 7.40. The summed E-state index contributed by atoms with van der Waals surface area (Å²) in [5.74, 6) is -0.425. The SMILES string of the molecule is CC(Sc1n[nH]c(=O)[nH]c1=O)C(=O)N/N=C/c1ccccc1O. The zero-order valence-electron chi connectivity index (χ0n) is 11.9. The van der Waals surface area contributed by atoms with Gasteiger partial charge in [-0.05, 0) is 19.1 Å². The molecular weight excluding hydrogens is 322 g/mol. The highest BCUT2D eigenvalue weighted by Crippen LogP contribution is 2.16. The second-order valence-electron chi connectivity index (χ2n) is 4.37. The number of benzene rings is 1. The first kappa shape index (κ1) is 16.5. The summed E-state index contributed by atoms with van der Waals surface area (Å²) in [7, 11) is 0. The molecule has 0 fully saturated rings. The van der Waals surface area contributed by atoms with Crippen molar-refractivity contribution in [2.45, 2.75) is 17.2 Å².